The molecule has 0 unspecified atom stereocenters. The smallest absolute Gasteiger partial charge is 0.353 e. The summed E-state index contributed by atoms with van der Waals surface area (Å²) in [6.45, 7) is 1.70. The Morgan fingerprint density at radius 1 is 1.04 bits per heavy atom. The summed E-state index contributed by atoms with van der Waals surface area (Å²) in [6, 6.07) is 3.43. The van der Waals surface area contributed by atoms with E-state index in [-0.39, 0.29) is 5.52 Å². The van der Waals surface area contributed by atoms with Crippen molar-refractivity contribution in [3.05, 3.63) is 23.8 Å². The summed E-state index contributed by atoms with van der Waals surface area (Å²) >= 11 is 0. The van der Waals surface area contributed by atoms with Crippen LogP contribution < -0.4 is 4.90 Å². The topological polar surface area (TPSA) is 59.2 Å². The molecule has 0 spiro atoms. The third kappa shape index (κ3) is 2.36. The van der Waals surface area contributed by atoms with Crippen LogP contribution in [0.3, 0.4) is 0 Å². The molecule has 9 heteroatoms. The normalized spacial score (nSPS) is 16.4. The number of fused-ring (bicyclic) bond motifs is 3. The third-order valence-electron chi connectivity index (χ3n) is 4.08. The van der Waals surface area contributed by atoms with Crippen molar-refractivity contribution in [3.8, 4) is 0 Å². The van der Waals surface area contributed by atoms with E-state index in [1.54, 1.807) is 0 Å². The monoisotopic (exact) mass is 322 g/mol. The van der Waals surface area contributed by atoms with E-state index < -0.39 is 11.7 Å². The van der Waals surface area contributed by atoms with Crippen LogP contribution in [0.2, 0.25) is 0 Å². The number of nitrogens with zero attached hydrogens (tertiary/aromatic N) is 6. The SMILES string of the molecule is FC(F)(F)c1ccc2nc(N3CCCCC3)c3nnnn3c2c1. The van der Waals surface area contributed by atoms with Crippen molar-refractivity contribution in [1.29, 1.82) is 0 Å². The molecule has 0 saturated carbocycles. The summed E-state index contributed by atoms with van der Waals surface area (Å²) in [5, 5.41) is 11.4. The maximum atomic E-state index is 12.9. The van der Waals surface area contributed by atoms with Crippen molar-refractivity contribution >= 4 is 22.5 Å². The second-order valence-electron chi connectivity index (χ2n) is 5.60. The fraction of sp³-hybridized carbons (Fsp3) is 0.429. The Kier molecular flexibility index (Phi) is 3.10. The Hall–Kier alpha value is -2.45. The van der Waals surface area contributed by atoms with Crippen LogP contribution in [0, 0.1) is 0 Å². The summed E-state index contributed by atoms with van der Waals surface area (Å²) in [7, 11) is 0. The number of piperidine rings is 1. The standard InChI is InChI=1S/C14H13F3N6/c15-14(16,17)9-4-5-10-11(8-9)23-13(19-20-21-23)12(18-10)22-6-2-1-3-7-22/h4-5,8H,1-3,6-7H2. The van der Waals surface area contributed by atoms with Gasteiger partial charge in [-0.15, -0.1) is 5.10 Å². The van der Waals surface area contributed by atoms with Crippen molar-refractivity contribution in [1.82, 2.24) is 25.0 Å². The number of tetrazole rings is 1. The lowest BCUT2D eigenvalue weighted by atomic mass is 10.1. The largest absolute Gasteiger partial charge is 0.416 e. The minimum absolute atomic E-state index is 0.251. The van der Waals surface area contributed by atoms with Gasteiger partial charge in [-0.1, -0.05) is 0 Å². The minimum Gasteiger partial charge on any atom is -0.353 e. The number of hydrogen-bond donors (Lipinski definition) is 0. The van der Waals surface area contributed by atoms with Gasteiger partial charge in [-0.2, -0.15) is 17.7 Å². The van der Waals surface area contributed by atoms with Crippen LogP contribution >= 0.6 is 0 Å². The van der Waals surface area contributed by atoms with Gasteiger partial charge in [0.2, 0.25) is 5.65 Å². The average molecular weight is 322 g/mol. The molecule has 1 aliphatic heterocycles. The molecule has 0 amide bonds. The van der Waals surface area contributed by atoms with Gasteiger partial charge in [0.25, 0.3) is 0 Å². The molecule has 23 heavy (non-hydrogen) atoms. The van der Waals surface area contributed by atoms with Gasteiger partial charge in [-0.3, -0.25) is 0 Å². The number of benzene rings is 1. The molecule has 0 bridgehead atoms. The van der Waals surface area contributed by atoms with E-state index >= 15 is 0 Å². The fourth-order valence-corrected chi connectivity index (χ4v) is 2.93. The van der Waals surface area contributed by atoms with Crippen LogP contribution in [0.4, 0.5) is 19.0 Å². The van der Waals surface area contributed by atoms with Gasteiger partial charge in [0.15, 0.2) is 5.82 Å². The molecule has 3 aromatic rings. The summed E-state index contributed by atoms with van der Waals surface area (Å²) < 4.78 is 40.1. The Labute approximate surface area is 128 Å². The minimum atomic E-state index is -4.42. The molecule has 0 N–H and O–H groups in total. The van der Waals surface area contributed by atoms with Crippen LogP contribution in [0.5, 0.6) is 0 Å². The number of halogens is 3. The van der Waals surface area contributed by atoms with Gasteiger partial charge < -0.3 is 4.90 Å². The molecule has 1 fully saturated rings. The molecule has 0 aliphatic carbocycles. The van der Waals surface area contributed by atoms with E-state index in [2.05, 4.69) is 25.4 Å². The van der Waals surface area contributed by atoms with E-state index in [0.717, 1.165) is 38.1 Å². The van der Waals surface area contributed by atoms with Gasteiger partial charge in [-0.05, 0) is 47.9 Å². The van der Waals surface area contributed by atoms with Crippen molar-refractivity contribution in [2.24, 2.45) is 0 Å². The zero-order valence-corrected chi connectivity index (χ0v) is 12.1. The second kappa shape index (κ2) is 5.04. The highest BCUT2D eigenvalue weighted by Crippen LogP contribution is 2.32. The van der Waals surface area contributed by atoms with Crippen LogP contribution in [-0.4, -0.2) is 38.1 Å². The highest BCUT2D eigenvalue weighted by Gasteiger charge is 2.31. The third-order valence-corrected chi connectivity index (χ3v) is 4.08. The first-order valence-corrected chi connectivity index (χ1v) is 7.38. The Bertz CT molecular complexity index is 866. The highest BCUT2D eigenvalue weighted by atomic mass is 19.4. The van der Waals surface area contributed by atoms with E-state index in [1.807, 2.05) is 0 Å². The zero-order valence-electron chi connectivity index (χ0n) is 12.1. The molecule has 0 radical (unpaired) electrons. The summed E-state index contributed by atoms with van der Waals surface area (Å²) in [5.74, 6) is 0.627. The van der Waals surface area contributed by atoms with Crippen molar-refractivity contribution in [2.75, 3.05) is 18.0 Å². The molecule has 0 atom stereocenters. The zero-order chi connectivity index (χ0) is 16.0. The average Bonchev–Trinajstić information content (AvgIpc) is 3.03. The Morgan fingerprint density at radius 2 is 1.83 bits per heavy atom. The van der Waals surface area contributed by atoms with Crippen LogP contribution in [-0.2, 0) is 6.18 Å². The van der Waals surface area contributed by atoms with Gasteiger partial charge in [0, 0.05) is 13.1 Å². The molecule has 1 aliphatic rings. The molecule has 3 heterocycles. The maximum Gasteiger partial charge on any atom is 0.416 e. The number of rotatable bonds is 1. The van der Waals surface area contributed by atoms with Gasteiger partial charge in [0.1, 0.15) is 0 Å². The Morgan fingerprint density at radius 3 is 2.57 bits per heavy atom. The lowest BCUT2D eigenvalue weighted by Crippen LogP contribution is -2.30. The van der Waals surface area contributed by atoms with Crippen molar-refractivity contribution in [3.63, 3.8) is 0 Å². The van der Waals surface area contributed by atoms with Gasteiger partial charge in [0.05, 0.1) is 16.6 Å². The molecule has 1 aromatic carbocycles. The molecular formula is C14H13F3N6. The van der Waals surface area contributed by atoms with Gasteiger partial charge >= 0.3 is 6.18 Å². The first-order valence-electron chi connectivity index (χ1n) is 7.38. The fourth-order valence-electron chi connectivity index (χ4n) is 2.93. The lowest BCUT2D eigenvalue weighted by Gasteiger charge is -2.27. The van der Waals surface area contributed by atoms with Crippen LogP contribution in [0.15, 0.2) is 18.2 Å². The molecular weight excluding hydrogens is 309 g/mol. The predicted molar refractivity (Wildman–Crippen MR) is 77.1 cm³/mol. The predicted octanol–water partition coefficient (Wildman–Crippen LogP) is 2.68. The Balaban J connectivity index is 1.94. The summed E-state index contributed by atoms with van der Waals surface area (Å²) in [5.41, 5.74) is 0.340. The van der Waals surface area contributed by atoms with E-state index in [9.17, 15) is 13.2 Å². The van der Waals surface area contributed by atoms with Crippen LogP contribution in [0.25, 0.3) is 16.7 Å². The number of alkyl halides is 3. The quantitative estimate of drug-likeness (QED) is 0.689. The first kappa shape index (κ1) is 14.2. The van der Waals surface area contributed by atoms with E-state index in [4.69, 9.17) is 0 Å². The number of anilines is 1. The molecule has 2 aromatic heterocycles. The van der Waals surface area contributed by atoms with Gasteiger partial charge in [-0.25, -0.2) is 4.98 Å². The number of aromatic nitrogens is 5. The molecule has 1 saturated heterocycles. The number of hydrogen-bond acceptors (Lipinski definition) is 5. The van der Waals surface area contributed by atoms with Crippen molar-refractivity contribution < 1.29 is 13.2 Å². The molecule has 4 rings (SSSR count). The molecule has 6 nitrogen and oxygen atoms in total. The van der Waals surface area contributed by atoms with E-state index in [1.165, 1.54) is 17.0 Å². The van der Waals surface area contributed by atoms with E-state index in [0.29, 0.717) is 17.0 Å². The first-order chi connectivity index (χ1) is 11.0. The second-order valence-corrected chi connectivity index (χ2v) is 5.60. The summed E-state index contributed by atoms with van der Waals surface area (Å²) in [6.07, 6.45) is -1.14. The van der Waals surface area contributed by atoms with Crippen molar-refractivity contribution in [2.45, 2.75) is 25.4 Å². The van der Waals surface area contributed by atoms with Crippen LogP contribution in [0.1, 0.15) is 24.8 Å². The maximum absolute atomic E-state index is 12.9. The highest BCUT2D eigenvalue weighted by molar-refractivity contribution is 5.83. The lowest BCUT2D eigenvalue weighted by molar-refractivity contribution is -0.137. The summed E-state index contributed by atoms with van der Waals surface area (Å²) in [4.78, 5) is 6.61. The molecule has 120 valence electrons.